The molecule has 0 N–H and O–H groups in total. The van der Waals surface area contributed by atoms with Gasteiger partial charge in [0.2, 0.25) is 0 Å². The van der Waals surface area contributed by atoms with Gasteiger partial charge in [-0.05, 0) is 17.7 Å². The van der Waals surface area contributed by atoms with Crippen molar-refractivity contribution in [3.05, 3.63) is 42.0 Å². The average molecular weight is 302 g/mol. The van der Waals surface area contributed by atoms with E-state index in [-0.39, 0.29) is 0 Å². The number of rotatable bonds is 5. The summed E-state index contributed by atoms with van der Waals surface area (Å²) < 4.78 is 12.6. The smallest absolute Gasteiger partial charge is 0.141 e. The molecule has 0 saturated heterocycles. The lowest BCUT2D eigenvalue weighted by atomic mass is 10.1. The first kappa shape index (κ1) is 15.0. The molecule has 0 amide bonds. The molecule has 1 aliphatic heterocycles. The number of ether oxygens (including phenoxy) is 2. The fourth-order valence-electron chi connectivity index (χ4n) is 2.95. The van der Waals surface area contributed by atoms with E-state index in [2.05, 4.69) is 27.1 Å². The Morgan fingerprint density at radius 3 is 2.73 bits per heavy atom. The molecule has 0 spiro atoms. The van der Waals surface area contributed by atoms with Gasteiger partial charge in [0.25, 0.3) is 0 Å². The Morgan fingerprint density at radius 1 is 1.18 bits per heavy atom. The number of hydrogen-bond acceptors (Lipinski definition) is 5. The molecule has 118 valence electrons. The zero-order valence-electron chi connectivity index (χ0n) is 13.1. The van der Waals surface area contributed by atoms with Crippen LogP contribution in [0.2, 0.25) is 0 Å². The molecule has 0 radical (unpaired) electrons. The van der Waals surface area contributed by atoms with E-state index in [0.29, 0.717) is 5.92 Å². The van der Waals surface area contributed by atoms with Crippen LogP contribution in [-0.4, -0.2) is 47.0 Å². The summed E-state index contributed by atoms with van der Waals surface area (Å²) in [6, 6.07) is 8.23. The maximum Gasteiger partial charge on any atom is 0.141 e. The lowest BCUT2D eigenvalue weighted by Crippen LogP contribution is -2.29. The second-order valence-corrected chi connectivity index (χ2v) is 5.70. The topological polar surface area (TPSA) is 52.4 Å². The molecule has 0 bridgehead atoms. The highest BCUT2D eigenvalue weighted by Crippen LogP contribution is 2.18. The molecular formula is C16H22N4O2. The highest BCUT2D eigenvalue weighted by atomic mass is 16.5. The molecule has 1 aromatic heterocycles. The molecule has 0 saturated carbocycles. The molecule has 1 aliphatic rings. The van der Waals surface area contributed by atoms with Crippen LogP contribution in [0.25, 0.3) is 0 Å². The molecule has 0 aliphatic carbocycles. The Bertz CT molecular complexity index is 596. The van der Waals surface area contributed by atoms with E-state index in [4.69, 9.17) is 9.47 Å². The molecule has 1 atom stereocenters. The van der Waals surface area contributed by atoms with Crippen molar-refractivity contribution in [1.82, 2.24) is 19.7 Å². The van der Waals surface area contributed by atoms with E-state index >= 15 is 0 Å². The summed E-state index contributed by atoms with van der Waals surface area (Å²) in [7, 11) is 3.44. The monoisotopic (exact) mass is 302 g/mol. The van der Waals surface area contributed by atoms with Crippen molar-refractivity contribution in [1.29, 1.82) is 0 Å². The van der Waals surface area contributed by atoms with Crippen LogP contribution >= 0.6 is 0 Å². The first-order valence-electron chi connectivity index (χ1n) is 7.49. The number of methoxy groups -OCH3 is 2. The van der Waals surface area contributed by atoms with Crippen molar-refractivity contribution in [2.75, 3.05) is 27.4 Å². The summed E-state index contributed by atoms with van der Waals surface area (Å²) in [6.45, 7) is 4.27. The number of fused-ring (bicyclic) bond motifs is 1. The van der Waals surface area contributed by atoms with Gasteiger partial charge in [-0.2, -0.15) is 5.10 Å². The molecule has 3 rings (SSSR count). The van der Waals surface area contributed by atoms with E-state index < -0.39 is 0 Å². The van der Waals surface area contributed by atoms with Gasteiger partial charge in [0.1, 0.15) is 17.9 Å². The van der Waals surface area contributed by atoms with Gasteiger partial charge in [-0.1, -0.05) is 12.1 Å². The molecule has 22 heavy (non-hydrogen) atoms. The SMILES string of the molecule is COCC1CN(Cc2ccc(OC)cc2)Cc2ncnn2C1. The Labute approximate surface area is 130 Å². The van der Waals surface area contributed by atoms with Crippen LogP contribution in [-0.2, 0) is 24.4 Å². The Kier molecular flexibility index (Phi) is 4.70. The zero-order valence-corrected chi connectivity index (χ0v) is 13.1. The minimum absolute atomic E-state index is 0.422. The third-order valence-electron chi connectivity index (χ3n) is 3.98. The lowest BCUT2D eigenvalue weighted by Gasteiger charge is -2.23. The minimum Gasteiger partial charge on any atom is -0.497 e. The van der Waals surface area contributed by atoms with Crippen LogP contribution in [0.3, 0.4) is 0 Å². The van der Waals surface area contributed by atoms with Gasteiger partial charge in [-0.3, -0.25) is 4.90 Å². The summed E-state index contributed by atoms with van der Waals surface area (Å²) in [5.41, 5.74) is 1.27. The van der Waals surface area contributed by atoms with Crippen LogP contribution in [0.1, 0.15) is 11.4 Å². The quantitative estimate of drug-likeness (QED) is 0.839. The van der Waals surface area contributed by atoms with E-state index in [1.165, 1.54) is 5.56 Å². The minimum atomic E-state index is 0.422. The molecular weight excluding hydrogens is 280 g/mol. The Hall–Kier alpha value is -1.92. The van der Waals surface area contributed by atoms with Gasteiger partial charge in [0, 0.05) is 32.7 Å². The van der Waals surface area contributed by atoms with Crippen LogP contribution in [0.4, 0.5) is 0 Å². The highest BCUT2D eigenvalue weighted by Gasteiger charge is 2.23. The summed E-state index contributed by atoms with van der Waals surface area (Å²) >= 11 is 0. The largest absolute Gasteiger partial charge is 0.497 e. The van der Waals surface area contributed by atoms with Gasteiger partial charge in [-0.25, -0.2) is 9.67 Å². The number of nitrogens with zero attached hydrogens (tertiary/aromatic N) is 4. The van der Waals surface area contributed by atoms with Gasteiger partial charge in [0.05, 0.1) is 20.3 Å². The maximum absolute atomic E-state index is 5.35. The second-order valence-electron chi connectivity index (χ2n) is 5.70. The fraction of sp³-hybridized carbons (Fsp3) is 0.500. The van der Waals surface area contributed by atoms with Crippen LogP contribution in [0.5, 0.6) is 5.75 Å². The first-order valence-corrected chi connectivity index (χ1v) is 7.49. The average Bonchev–Trinajstić information content (AvgIpc) is 2.88. The summed E-state index contributed by atoms with van der Waals surface area (Å²) in [5, 5.41) is 4.32. The summed E-state index contributed by atoms with van der Waals surface area (Å²) in [6.07, 6.45) is 1.63. The van der Waals surface area contributed by atoms with Crippen molar-refractivity contribution in [2.24, 2.45) is 5.92 Å². The normalized spacial score (nSPS) is 18.7. The van der Waals surface area contributed by atoms with Crippen molar-refractivity contribution in [3.63, 3.8) is 0 Å². The lowest BCUT2D eigenvalue weighted by molar-refractivity contribution is 0.114. The third kappa shape index (κ3) is 3.45. The van der Waals surface area contributed by atoms with E-state index in [0.717, 1.165) is 44.4 Å². The maximum atomic E-state index is 5.35. The van der Waals surface area contributed by atoms with Crippen molar-refractivity contribution in [2.45, 2.75) is 19.6 Å². The molecule has 0 fully saturated rings. The standard InChI is InChI=1S/C16H22N4O2/c1-21-11-14-8-19(10-16-17-12-18-20(16)9-14)7-13-3-5-15(22-2)6-4-13/h3-6,12,14H,7-11H2,1-2H3. The van der Waals surface area contributed by atoms with E-state index in [1.54, 1.807) is 20.5 Å². The fourth-order valence-corrected chi connectivity index (χ4v) is 2.95. The van der Waals surface area contributed by atoms with E-state index in [9.17, 15) is 0 Å². The van der Waals surface area contributed by atoms with Crippen molar-refractivity contribution < 1.29 is 9.47 Å². The molecule has 6 heteroatoms. The molecule has 2 heterocycles. The number of benzene rings is 1. The molecule has 2 aromatic rings. The molecule has 1 aromatic carbocycles. The predicted molar refractivity (Wildman–Crippen MR) is 82.5 cm³/mol. The number of aromatic nitrogens is 3. The van der Waals surface area contributed by atoms with Crippen LogP contribution < -0.4 is 4.74 Å². The van der Waals surface area contributed by atoms with Gasteiger partial charge in [-0.15, -0.1) is 0 Å². The third-order valence-corrected chi connectivity index (χ3v) is 3.98. The van der Waals surface area contributed by atoms with Gasteiger partial charge < -0.3 is 9.47 Å². The zero-order chi connectivity index (χ0) is 15.4. The Morgan fingerprint density at radius 2 is 2.00 bits per heavy atom. The molecule has 6 nitrogen and oxygen atoms in total. The predicted octanol–water partition coefficient (Wildman–Crippen LogP) is 1.57. The van der Waals surface area contributed by atoms with Crippen LogP contribution in [0, 0.1) is 5.92 Å². The highest BCUT2D eigenvalue weighted by molar-refractivity contribution is 5.27. The molecule has 1 unspecified atom stereocenters. The van der Waals surface area contributed by atoms with E-state index in [1.807, 2.05) is 16.8 Å². The first-order chi connectivity index (χ1) is 10.8. The van der Waals surface area contributed by atoms with Gasteiger partial charge in [0.15, 0.2) is 0 Å². The summed E-state index contributed by atoms with van der Waals surface area (Å²) in [4.78, 5) is 6.78. The summed E-state index contributed by atoms with van der Waals surface area (Å²) in [5.74, 6) is 2.33. The van der Waals surface area contributed by atoms with Crippen molar-refractivity contribution >= 4 is 0 Å². The Balaban J connectivity index is 1.73. The van der Waals surface area contributed by atoms with Crippen LogP contribution in [0.15, 0.2) is 30.6 Å². The van der Waals surface area contributed by atoms with Crippen molar-refractivity contribution in [3.8, 4) is 5.75 Å². The van der Waals surface area contributed by atoms with Gasteiger partial charge >= 0.3 is 0 Å². The number of hydrogen-bond donors (Lipinski definition) is 0. The second kappa shape index (κ2) is 6.89.